The maximum absolute atomic E-state index is 12.2. The molecule has 0 fully saturated rings. The fourth-order valence-electron chi connectivity index (χ4n) is 0.963. The highest BCUT2D eigenvalue weighted by atomic mass is 19.4. The van der Waals surface area contributed by atoms with Gasteiger partial charge in [-0.05, 0) is 12.1 Å². The van der Waals surface area contributed by atoms with Gasteiger partial charge >= 0.3 is 11.9 Å². The molecule has 0 unspecified atom stereocenters. The van der Waals surface area contributed by atoms with Gasteiger partial charge in [-0.2, -0.15) is 13.2 Å². The van der Waals surface area contributed by atoms with E-state index >= 15 is 0 Å². The van der Waals surface area contributed by atoms with Crippen molar-refractivity contribution >= 4 is 11.7 Å². The first-order valence-electron chi connectivity index (χ1n) is 3.64. The summed E-state index contributed by atoms with van der Waals surface area (Å²) in [5, 5.41) is 18.7. The summed E-state index contributed by atoms with van der Waals surface area (Å²) in [5.41, 5.74) is -2.39. The van der Waals surface area contributed by atoms with Gasteiger partial charge in [-0.25, -0.2) is 0 Å². The summed E-state index contributed by atoms with van der Waals surface area (Å²) >= 11 is 0. The number of alkyl halides is 3. The SMILES string of the molecule is N#[N+]c1cc(C(F)(F)F)ccc1C(=O)[O-]. The topological polar surface area (TPSA) is 68.3 Å². The van der Waals surface area contributed by atoms with E-state index in [9.17, 15) is 23.1 Å². The lowest BCUT2D eigenvalue weighted by Crippen LogP contribution is -2.22. The molecule has 0 heterocycles. The van der Waals surface area contributed by atoms with E-state index in [1.165, 1.54) is 0 Å². The Balaban J connectivity index is 3.34. The minimum atomic E-state index is -4.62. The van der Waals surface area contributed by atoms with E-state index in [1.54, 1.807) is 0 Å². The van der Waals surface area contributed by atoms with Gasteiger partial charge in [0.15, 0.2) is 4.98 Å². The molecule has 0 bridgehead atoms. The minimum Gasteiger partial charge on any atom is -0.545 e. The number of benzene rings is 1. The van der Waals surface area contributed by atoms with Crippen molar-refractivity contribution in [2.75, 3.05) is 0 Å². The third kappa shape index (κ3) is 2.22. The average molecular weight is 216 g/mol. The van der Waals surface area contributed by atoms with Gasteiger partial charge in [0.05, 0.1) is 17.1 Å². The number of carbonyl (C=O) groups is 1. The largest absolute Gasteiger partial charge is 0.545 e. The molecule has 0 spiro atoms. The molecular formula is C8H3F3N2O2. The molecule has 15 heavy (non-hydrogen) atoms. The summed E-state index contributed by atoms with van der Waals surface area (Å²) in [6, 6.07) is 1.66. The number of halogens is 3. The Morgan fingerprint density at radius 2 is 2.00 bits per heavy atom. The fourth-order valence-corrected chi connectivity index (χ4v) is 0.963. The number of hydrogen-bond acceptors (Lipinski definition) is 3. The Kier molecular flexibility index (Phi) is 2.61. The normalized spacial score (nSPS) is 10.8. The summed E-state index contributed by atoms with van der Waals surface area (Å²) in [4.78, 5) is 12.8. The molecular weight excluding hydrogens is 213 g/mol. The number of carboxylic acid groups (broad SMARTS) is 1. The number of carboxylic acids is 1. The lowest BCUT2D eigenvalue weighted by molar-refractivity contribution is -0.254. The number of rotatable bonds is 1. The van der Waals surface area contributed by atoms with E-state index in [4.69, 9.17) is 5.39 Å². The number of carbonyl (C=O) groups excluding carboxylic acids is 1. The molecule has 0 atom stereocenters. The summed E-state index contributed by atoms with van der Waals surface area (Å²) in [6.45, 7) is 0. The Morgan fingerprint density at radius 1 is 1.40 bits per heavy atom. The van der Waals surface area contributed by atoms with Crippen molar-refractivity contribution < 1.29 is 23.1 Å². The number of hydrogen-bond donors (Lipinski definition) is 0. The maximum atomic E-state index is 12.2. The Morgan fingerprint density at radius 3 is 2.40 bits per heavy atom. The first kappa shape index (κ1) is 11.0. The van der Waals surface area contributed by atoms with Crippen molar-refractivity contribution in [3.8, 4) is 0 Å². The van der Waals surface area contributed by atoms with Gasteiger partial charge in [-0.3, -0.25) is 0 Å². The van der Waals surface area contributed by atoms with Crippen LogP contribution in [0.5, 0.6) is 0 Å². The quantitative estimate of drug-likeness (QED) is 0.668. The van der Waals surface area contributed by atoms with Crippen LogP contribution in [-0.2, 0) is 6.18 Å². The van der Waals surface area contributed by atoms with Crippen LogP contribution >= 0.6 is 0 Å². The van der Waals surface area contributed by atoms with Crippen molar-refractivity contribution in [2.24, 2.45) is 0 Å². The van der Waals surface area contributed by atoms with Crippen LogP contribution in [0.2, 0.25) is 0 Å². The molecule has 0 amide bonds. The standard InChI is InChI=1S/C8H3F3N2O2/c9-8(10,11)4-1-2-5(7(14)15)6(3-4)13-12/h1-3H. The lowest BCUT2D eigenvalue weighted by Gasteiger charge is -2.05. The smallest absolute Gasteiger partial charge is 0.416 e. The zero-order chi connectivity index (χ0) is 11.6. The van der Waals surface area contributed by atoms with Crippen molar-refractivity contribution in [1.29, 1.82) is 5.39 Å². The molecule has 0 aliphatic heterocycles. The zero-order valence-corrected chi connectivity index (χ0v) is 7.08. The van der Waals surface area contributed by atoms with Crippen LogP contribution in [-0.4, -0.2) is 5.97 Å². The van der Waals surface area contributed by atoms with E-state index in [1.807, 2.05) is 0 Å². The molecule has 0 aliphatic carbocycles. The number of diazo groups is 1. The zero-order valence-electron chi connectivity index (χ0n) is 7.08. The second-order valence-electron chi connectivity index (χ2n) is 2.62. The molecule has 1 aromatic carbocycles. The highest BCUT2D eigenvalue weighted by Crippen LogP contribution is 2.32. The molecule has 0 saturated heterocycles. The molecule has 7 heteroatoms. The Hall–Kier alpha value is -2.10. The molecule has 78 valence electrons. The molecule has 0 saturated carbocycles. The number of aromatic carboxylic acids is 1. The van der Waals surface area contributed by atoms with Crippen LogP contribution in [0, 0.1) is 5.39 Å². The Labute approximate surface area is 81.6 Å². The molecule has 0 aliphatic rings. The maximum Gasteiger partial charge on any atom is 0.416 e. The minimum absolute atomic E-state index is 0.422. The first-order chi connectivity index (χ1) is 6.86. The summed E-state index contributed by atoms with van der Waals surface area (Å²) < 4.78 is 36.5. The van der Waals surface area contributed by atoms with E-state index in [0.717, 1.165) is 0 Å². The van der Waals surface area contributed by atoms with Crippen LogP contribution in [0.1, 0.15) is 15.9 Å². The number of nitrogens with zero attached hydrogens (tertiary/aromatic N) is 2. The van der Waals surface area contributed by atoms with E-state index < -0.39 is 29.0 Å². The predicted octanol–water partition coefficient (Wildman–Crippen LogP) is 1.55. The van der Waals surface area contributed by atoms with Crippen LogP contribution < -0.4 is 5.11 Å². The summed E-state index contributed by atoms with van der Waals surface area (Å²) in [6.07, 6.45) is -4.62. The highest BCUT2D eigenvalue weighted by molar-refractivity contribution is 5.93. The third-order valence-electron chi connectivity index (χ3n) is 1.65. The van der Waals surface area contributed by atoms with E-state index in [0.29, 0.717) is 18.2 Å². The van der Waals surface area contributed by atoms with E-state index in [2.05, 4.69) is 4.98 Å². The molecule has 0 aromatic heterocycles. The van der Waals surface area contributed by atoms with Gasteiger partial charge in [-0.1, -0.05) is 0 Å². The molecule has 4 nitrogen and oxygen atoms in total. The van der Waals surface area contributed by atoms with Crippen LogP contribution in [0.25, 0.3) is 4.98 Å². The Bertz CT molecular complexity index is 448. The summed E-state index contributed by atoms with van der Waals surface area (Å²) in [5.74, 6) is -1.71. The van der Waals surface area contributed by atoms with Crippen LogP contribution in [0.4, 0.5) is 18.9 Å². The average Bonchev–Trinajstić information content (AvgIpc) is 2.15. The van der Waals surface area contributed by atoms with Gasteiger partial charge in [0.2, 0.25) is 5.39 Å². The second kappa shape index (κ2) is 3.57. The lowest BCUT2D eigenvalue weighted by atomic mass is 10.1. The first-order valence-corrected chi connectivity index (χ1v) is 3.64. The predicted molar refractivity (Wildman–Crippen MR) is 40.5 cm³/mol. The van der Waals surface area contributed by atoms with Crippen molar-refractivity contribution in [1.82, 2.24) is 0 Å². The monoisotopic (exact) mass is 216 g/mol. The fraction of sp³-hybridized carbons (Fsp3) is 0.125. The second-order valence-corrected chi connectivity index (χ2v) is 2.62. The highest BCUT2D eigenvalue weighted by Gasteiger charge is 2.33. The molecule has 0 N–H and O–H groups in total. The third-order valence-corrected chi connectivity index (χ3v) is 1.65. The van der Waals surface area contributed by atoms with Crippen molar-refractivity contribution in [3.05, 3.63) is 34.3 Å². The van der Waals surface area contributed by atoms with Gasteiger partial charge < -0.3 is 9.90 Å². The van der Waals surface area contributed by atoms with Gasteiger partial charge in [0.1, 0.15) is 0 Å². The molecule has 1 aromatic rings. The van der Waals surface area contributed by atoms with Gasteiger partial charge in [-0.15, -0.1) is 0 Å². The summed E-state index contributed by atoms with van der Waals surface area (Å²) in [7, 11) is 0. The van der Waals surface area contributed by atoms with Crippen LogP contribution in [0.15, 0.2) is 18.2 Å². The molecule has 1 rings (SSSR count). The molecule has 0 radical (unpaired) electrons. The van der Waals surface area contributed by atoms with E-state index in [-0.39, 0.29) is 0 Å². The van der Waals surface area contributed by atoms with Gasteiger partial charge in [0, 0.05) is 6.07 Å². The van der Waals surface area contributed by atoms with Crippen molar-refractivity contribution in [3.63, 3.8) is 0 Å². The van der Waals surface area contributed by atoms with Crippen molar-refractivity contribution in [2.45, 2.75) is 6.18 Å². The van der Waals surface area contributed by atoms with Gasteiger partial charge in [0.25, 0.3) is 0 Å². The van der Waals surface area contributed by atoms with Crippen LogP contribution in [0.3, 0.4) is 0 Å².